The van der Waals surface area contributed by atoms with Crippen molar-refractivity contribution >= 4 is 33.4 Å². The zero-order chi connectivity index (χ0) is 26.7. The third-order valence-corrected chi connectivity index (χ3v) is 8.90. The molecule has 0 saturated carbocycles. The summed E-state index contributed by atoms with van der Waals surface area (Å²) in [7, 11) is -0.879. The first kappa shape index (κ1) is 24.8. The van der Waals surface area contributed by atoms with Gasteiger partial charge in [-0.25, -0.2) is 18.2 Å². The maximum Gasteiger partial charge on any atom is 0.227 e. The van der Waals surface area contributed by atoms with Crippen molar-refractivity contribution < 1.29 is 26.7 Å². The fraction of sp³-hybridized carbons (Fsp3) is 0.370. The summed E-state index contributed by atoms with van der Waals surface area (Å²) in [6, 6.07) is 6.98. The summed E-state index contributed by atoms with van der Waals surface area (Å²) in [5.41, 5.74) is 4.02. The van der Waals surface area contributed by atoms with Crippen LogP contribution in [0.1, 0.15) is 55.0 Å². The molecule has 2 aliphatic rings. The largest absolute Gasteiger partial charge is 0.361 e. The zero-order valence-corrected chi connectivity index (χ0v) is 21.7. The van der Waals surface area contributed by atoms with Gasteiger partial charge in [0.25, 0.3) is 0 Å². The smallest absolute Gasteiger partial charge is 0.227 e. The average Bonchev–Trinajstić information content (AvgIpc) is 3.56. The fourth-order valence-corrected chi connectivity index (χ4v) is 7.03. The molecule has 198 valence electrons. The van der Waals surface area contributed by atoms with Gasteiger partial charge in [-0.3, -0.25) is 9.00 Å². The maximum atomic E-state index is 14.2. The number of aromatic nitrogens is 3. The van der Waals surface area contributed by atoms with E-state index in [2.05, 4.69) is 9.72 Å². The second-order valence-corrected chi connectivity index (χ2v) is 11.6. The summed E-state index contributed by atoms with van der Waals surface area (Å²) in [4.78, 5) is 19.3. The molecule has 0 N–H and O–H groups in total. The number of aryl methyl sites for hydroxylation is 2. The first-order valence-corrected chi connectivity index (χ1v) is 14.0. The van der Waals surface area contributed by atoms with Crippen LogP contribution >= 0.6 is 0 Å². The lowest BCUT2D eigenvalue weighted by molar-refractivity contribution is -0.117. The van der Waals surface area contributed by atoms with Crippen molar-refractivity contribution in [3.8, 4) is 11.1 Å². The Morgan fingerprint density at radius 1 is 1.03 bits per heavy atom. The maximum absolute atomic E-state index is 14.2. The van der Waals surface area contributed by atoms with E-state index in [0.717, 1.165) is 34.5 Å². The fourth-order valence-electron chi connectivity index (χ4n) is 5.76. The highest BCUT2D eigenvalue weighted by molar-refractivity contribution is 7.85. The van der Waals surface area contributed by atoms with Gasteiger partial charge >= 0.3 is 0 Å². The number of carbonyl (C=O) groups is 1. The van der Waals surface area contributed by atoms with Gasteiger partial charge in [-0.2, -0.15) is 0 Å². The lowest BCUT2D eigenvalue weighted by atomic mass is 10.0. The minimum Gasteiger partial charge on any atom is -0.361 e. The molecule has 0 bridgehead atoms. The van der Waals surface area contributed by atoms with Crippen LogP contribution < -0.4 is 4.90 Å². The van der Waals surface area contributed by atoms with Gasteiger partial charge in [0.15, 0.2) is 17.5 Å². The highest BCUT2D eigenvalue weighted by Crippen LogP contribution is 2.42. The molecular weight excluding hydrogens is 517 g/mol. The minimum absolute atomic E-state index is 0.00291. The Morgan fingerprint density at radius 2 is 1.74 bits per heavy atom. The molecule has 0 unspecified atom stereocenters. The standard InChI is InChI=1S/C27H25F3N4O3S/c1-14-25(15(2)37-32-14)16-3-4-22-21(11-16)31-27(34(22)17-7-9-38(36)10-8-17)23-5-6-24(35)33(23)18-12-19(28)26(30)20(29)13-18/h3-4,11-13,17,23H,5-10H2,1-2H3/t17?,23-,38?/m0/s1. The molecule has 0 radical (unpaired) electrons. The molecule has 1 atom stereocenters. The second-order valence-electron chi connectivity index (χ2n) is 9.86. The number of rotatable bonds is 4. The monoisotopic (exact) mass is 542 g/mol. The quantitative estimate of drug-likeness (QED) is 0.310. The summed E-state index contributed by atoms with van der Waals surface area (Å²) in [5.74, 6) is -2.22. The van der Waals surface area contributed by atoms with Crippen LogP contribution in [0.5, 0.6) is 0 Å². The van der Waals surface area contributed by atoms with Crippen LogP contribution in [0.4, 0.5) is 18.9 Å². The molecule has 2 fully saturated rings. The molecule has 6 rings (SSSR count). The van der Waals surface area contributed by atoms with Crippen molar-refractivity contribution in [2.75, 3.05) is 16.4 Å². The molecular formula is C27H25F3N4O3S. The summed E-state index contributed by atoms with van der Waals surface area (Å²) >= 11 is 0. The molecule has 7 nitrogen and oxygen atoms in total. The van der Waals surface area contributed by atoms with Gasteiger partial charge in [-0.1, -0.05) is 11.2 Å². The molecule has 11 heteroatoms. The lowest BCUT2D eigenvalue weighted by Gasteiger charge is -2.30. The Bertz CT molecular complexity index is 1560. The molecule has 2 saturated heterocycles. The molecule has 38 heavy (non-hydrogen) atoms. The van der Waals surface area contributed by atoms with Crippen molar-refractivity contribution in [1.29, 1.82) is 0 Å². The van der Waals surface area contributed by atoms with E-state index >= 15 is 0 Å². The van der Waals surface area contributed by atoms with Gasteiger partial charge in [0, 0.05) is 52.5 Å². The van der Waals surface area contributed by atoms with E-state index in [1.165, 1.54) is 4.90 Å². The normalized spacial score (nSPS) is 22.1. The molecule has 4 aromatic rings. The Hall–Kier alpha value is -3.47. The van der Waals surface area contributed by atoms with Crippen molar-refractivity contribution in [3.05, 3.63) is 65.1 Å². The van der Waals surface area contributed by atoms with E-state index in [4.69, 9.17) is 9.51 Å². The summed E-state index contributed by atoms with van der Waals surface area (Å²) < 4.78 is 61.6. The van der Waals surface area contributed by atoms with Gasteiger partial charge < -0.3 is 14.0 Å². The SMILES string of the molecule is Cc1noc(C)c1-c1ccc2c(c1)nc([C@@H]1CCC(=O)N1c1cc(F)c(F)c(F)c1)n2C1CCS(=O)CC1. The zero-order valence-electron chi connectivity index (χ0n) is 20.8. The number of amides is 1. The lowest BCUT2D eigenvalue weighted by Crippen LogP contribution is -2.31. The highest BCUT2D eigenvalue weighted by Gasteiger charge is 2.39. The minimum atomic E-state index is -1.58. The van der Waals surface area contributed by atoms with Gasteiger partial charge in [-0.05, 0) is 50.8 Å². The Kier molecular flexibility index (Phi) is 6.13. The summed E-state index contributed by atoms with van der Waals surface area (Å²) in [6.45, 7) is 3.71. The van der Waals surface area contributed by atoms with Crippen molar-refractivity contribution in [2.45, 2.75) is 51.6 Å². The molecule has 2 aromatic heterocycles. The summed E-state index contributed by atoms with van der Waals surface area (Å²) in [6.07, 6.45) is 1.90. The van der Waals surface area contributed by atoms with Gasteiger partial charge in [0.05, 0.1) is 28.5 Å². The van der Waals surface area contributed by atoms with Gasteiger partial charge in [-0.15, -0.1) is 0 Å². The van der Waals surface area contributed by atoms with E-state index in [9.17, 15) is 22.2 Å². The van der Waals surface area contributed by atoms with Crippen LogP contribution in [0.2, 0.25) is 0 Å². The van der Waals surface area contributed by atoms with Crippen LogP contribution in [0, 0.1) is 31.3 Å². The first-order chi connectivity index (χ1) is 18.2. The number of benzene rings is 2. The predicted molar refractivity (Wildman–Crippen MR) is 137 cm³/mol. The third-order valence-electron chi connectivity index (χ3n) is 7.52. The van der Waals surface area contributed by atoms with Crippen LogP contribution in [0.15, 0.2) is 34.9 Å². The number of imidazole rings is 1. The van der Waals surface area contributed by atoms with E-state index < -0.39 is 34.3 Å². The molecule has 2 aromatic carbocycles. The second kappa shape index (κ2) is 9.37. The number of anilines is 1. The van der Waals surface area contributed by atoms with Crippen LogP contribution in [-0.2, 0) is 15.6 Å². The number of hydrogen-bond acceptors (Lipinski definition) is 5. The van der Waals surface area contributed by atoms with E-state index in [1.54, 1.807) is 0 Å². The molecule has 4 heterocycles. The Morgan fingerprint density at radius 3 is 2.39 bits per heavy atom. The highest BCUT2D eigenvalue weighted by atomic mass is 32.2. The number of hydrogen-bond donors (Lipinski definition) is 0. The van der Waals surface area contributed by atoms with Crippen molar-refractivity contribution in [2.24, 2.45) is 0 Å². The molecule has 0 aliphatic carbocycles. The van der Waals surface area contributed by atoms with Gasteiger partial charge in [0.2, 0.25) is 5.91 Å². The number of nitrogens with zero attached hydrogens (tertiary/aromatic N) is 4. The average molecular weight is 543 g/mol. The number of fused-ring (bicyclic) bond motifs is 1. The Balaban J connectivity index is 1.51. The number of halogens is 3. The van der Waals surface area contributed by atoms with E-state index in [-0.39, 0.29) is 24.1 Å². The van der Waals surface area contributed by atoms with E-state index in [1.807, 2.05) is 32.0 Å². The van der Waals surface area contributed by atoms with E-state index in [0.29, 0.717) is 47.9 Å². The van der Waals surface area contributed by atoms with Gasteiger partial charge in [0.1, 0.15) is 11.6 Å². The third kappa shape index (κ3) is 4.03. The Labute approximate surface area is 219 Å². The molecule has 1 amide bonds. The summed E-state index contributed by atoms with van der Waals surface area (Å²) in [5, 5.41) is 4.05. The molecule has 0 spiro atoms. The topological polar surface area (TPSA) is 81.2 Å². The van der Waals surface area contributed by atoms with Crippen LogP contribution in [0.25, 0.3) is 22.2 Å². The van der Waals surface area contributed by atoms with Crippen LogP contribution in [-0.4, -0.2) is 36.3 Å². The number of carbonyl (C=O) groups excluding carboxylic acids is 1. The van der Waals surface area contributed by atoms with Crippen molar-refractivity contribution in [1.82, 2.24) is 14.7 Å². The molecule has 2 aliphatic heterocycles. The van der Waals surface area contributed by atoms with Crippen molar-refractivity contribution in [3.63, 3.8) is 0 Å². The first-order valence-electron chi connectivity index (χ1n) is 12.5. The predicted octanol–water partition coefficient (Wildman–Crippen LogP) is 5.68. The van der Waals surface area contributed by atoms with Crippen LogP contribution in [0.3, 0.4) is 0 Å².